The molecule has 184 valence electrons. The van der Waals surface area contributed by atoms with Crippen LogP contribution in [0.4, 0.5) is 0 Å². The molecule has 0 unspecified atom stereocenters. The van der Waals surface area contributed by atoms with Crippen molar-refractivity contribution in [1.29, 1.82) is 0 Å². The van der Waals surface area contributed by atoms with Gasteiger partial charge in [0.25, 0.3) is 10.1 Å². The molecule has 33 heavy (non-hydrogen) atoms. The van der Waals surface area contributed by atoms with Crippen LogP contribution < -0.4 is 0 Å². The molecule has 0 amide bonds. The SMILES string of the molecule is CC1(C)OC2(C[C@@]3(C)C(=CC2=O)CC[C@H]2[C@@H]4CC[C@@H](C(=O)COS(C)(=O)=O)[C@@]4(C)CC[C@@H]23)O1. The van der Waals surface area contributed by atoms with Crippen LogP contribution in [0.3, 0.4) is 0 Å². The summed E-state index contributed by atoms with van der Waals surface area (Å²) in [7, 11) is -3.64. The van der Waals surface area contributed by atoms with Gasteiger partial charge in [-0.05, 0) is 87.0 Å². The molecule has 1 saturated heterocycles. The smallest absolute Gasteiger partial charge is 0.264 e. The Morgan fingerprint density at radius 3 is 2.42 bits per heavy atom. The summed E-state index contributed by atoms with van der Waals surface area (Å²) in [4.78, 5) is 25.9. The van der Waals surface area contributed by atoms with Crippen molar-refractivity contribution < 1.29 is 31.7 Å². The third-order valence-corrected chi connectivity index (χ3v) is 10.2. The van der Waals surface area contributed by atoms with Gasteiger partial charge in [0.05, 0.1) is 6.26 Å². The first kappa shape index (κ1) is 23.6. The van der Waals surface area contributed by atoms with Gasteiger partial charge in [-0.3, -0.25) is 13.8 Å². The van der Waals surface area contributed by atoms with Gasteiger partial charge in [-0.25, -0.2) is 0 Å². The fourth-order valence-electron chi connectivity index (χ4n) is 8.42. The summed E-state index contributed by atoms with van der Waals surface area (Å²) in [5.41, 5.74) is 0.938. The van der Waals surface area contributed by atoms with Gasteiger partial charge in [-0.15, -0.1) is 0 Å². The van der Waals surface area contributed by atoms with Gasteiger partial charge in [0, 0.05) is 12.3 Å². The van der Waals surface area contributed by atoms with Crippen molar-refractivity contribution >= 4 is 21.7 Å². The molecule has 3 saturated carbocycles. The van der Waals surface area contributed by atoms with Crippen molar-refractivity contribution in [2.24, 2.45) is 34.5 Å². The minimum absolute atomic E-state index is 0.0641. The molecule has 4 aliphatic carbocycles. The maximum Gasteiger partial charge on any atom is 0.264 e. The molecule has 5 rings (SSSR count). The van der Waals surface area contributed by atoms with Crippen LogP contribution in [0.5, 0.6) is 0 Å². The Labute approximate surface area is 196 Å². The molecular formula is C25H36O7S. The molecule has 1 heterocycles. The fourth-order valence-corrected chi connectivity index (χ4v) is 8.75. The second kappa shape index (κ2) is 7.21. The Kier molecular flexibility index (Phi) is 5.17. The number of hydrogen-bond acceptors (Lipinski definition) is 7. The van der Waals surface area contributed by atoms with Crippen molar-refractivity contribution in [2.45, 2.75) is 84.2 Å². The van der Waals surface area contributed by atoms with Gasteiger partial charge in [0.1, 0.15) is 6.61 Å². The first-order valence-corrected chi connectivity index (χ1v) is 14.0. The number of Topliss-reactive ketones (excluding diaryl/α,β-unsaturated/α-hetero) is 1. The minimum Gasteiger partial charge on any atom is -0.311 e. The average molecular weight is 481 g/mol. The predicted octanol–water partition coefficient (Wildman–Crippen LogP) is 3.77. The Bertz CT molecular complexity index is 1020. The highest BCUT2D eigenvalue weighted by Crippen LogP contribution is 2.68. The molecule has 0 aromatic carbocycles. The van der Waals surface area contributed by atoms with Gasteiger partial charge < -0.3 is 9.47 Å². The van der Waals surface area contributed by atoms with Crippen molar-refractivity contribution in [3.8, 4) is 0 Å². The third kappa shape index (κ3) is 3.58. The number of carbonyl (C=O) groups excluding carboxylic acids is 2. The van der Waals surface area contributed by atoms with Crippen molar-refractivity contribution in [1.82, 2.24) is 0 Å². The van der Waals surface area contributed by atoms with Crippen LogP contribution in [0.1, 0.15) is 72.6 Å². The number of hydrogen-bond donors (Lipinski definition) is 0. The summed E-state index contributed by atoms with van der Waals surface area (Å²) < 4.78 is 39.7. The molecule has 0 N–H and O–H groups in total. The molecule has 7 nitrogen and oxygen atoms in total. The molecule has 1 spiro atoms. The molecular weight excluding hydrogens is 444 g/mol. The zero-order valence-electron chi connectivity index (χ0n) is 20.3. The van der Waals surface area contributed by atoms with E-state index < -0.39 is 21.7 Å². The van der Waals surface area contributed by atoms with Crippen molar-refractivity contribution in [3.05, 3.63) is 11.6 Å². The Morgan fingerprint density at radius 1 is 1.09 bits per heavy atom. The number of ketones is 2. The summed E-state index contributed by atoms with van der Waals surface area (Å²) in [5, 5.41) is 0. The molecule has 0 radical (unpaired) electrons. The maximum absolute atomic E-state index is 13.0. The van der Waals surface area contributed by atoms with Gasteiger partial charge in [-0.1, -0.05) is 19.4 Å². The van der Waals surface area contributed by atoms with Crippen LogP contribution in [0.2, 0.25) is 0 Å². The number of carbonyl (C=O) groups is 2. The average Bonchev–Trinajstić information content (AvgIpc) is 3.02. The minimum atomic E-state index is -3.64. The van der Waals surface area contributed by atoms with Crippen LogP contribution in [0, 0.1) is 34.5 Å². The summed E-state index contributed by atoms with van der Waals surface area (Å²) in [5.74, 6) is -0.901. The van der Waals surface area contributed by atoms with E-state index in [4.69, 9.17) is 13.7 Å². The lowest BCUT2D eigenvalue weighted by atomic mass is 9.46. The van der Waals surface area contributed by atoms with Crippen molar-refractivity contribution in [3.63, 3.8) is 0 Å². The first-order valence-electron chi connectivity index (χ1n) is 12.2. The van der Waals surface area contributed by atoms with Crippen LogP contribution in [0.15, 0.2) is 11.6 Å². The lowest BCUT2D eigenvalue weighted by Crippen LogP contribution is -2.68. The molecule has 0 aromatic rings. The quantitative estimate of drug-likeness (QED) is 0.565. The molecule has 5 aliphatic rings. The van der Waals surface area contributed by atoms with Gasteiger partial charge in [0.2, 0.25) is 11.6 Å². The van der Waals surface area contributed by atoms with E-state index in [1.54, 1.807) is 6.08 Å². The highest BCUT2D eigenvalue weighted by Gasteiger charge is 2.66. The van der Waals surface area contributed by atoms with Gasteiger partial charge >= 0.3 is 0 Å². The Balaban J connectivity index is 1.38. The van der Waals surface area contributed by atoms with E-state index in [0.717, 1.165) is 44.8 Å². The Morgan fingerprint density at radius 2 is 1.79 bits per heavy atom. The van der Waals surface area contributed by atoms with E-state index in [1.807, 2.05) is 13.8 Å². The number of ether oxygens (including phenoxy) is 2. The topological polar surface area (TPSA) is 96.0 Å². The van der Waals surface area contributed by atoms with Crippen LogP contribution in [-0.4, -0.2) is 44.4 Å². The molecule has 6 atom stereocenters. The summed E-state index contributed by atoms with van der Waals surface area (Å²) in [6.07, 6.45) is 8.93. The van der Waals surface area contributed by atoms with Gasteiger partial charge in [0.15, 0.2) is 11.6 Å². The van der Waals surface area contributed by atoms with Crippen molar-refractivity contribution in [2.75, 3.05) is 12.9 Å². The van der Waals surface area contributed by atoms with E-state index in [2.05, 4.69) is 13.8 Å². The fraction of sp³-hybridized carbons (Fsp3) is 0.840. The molecule has 0 bridgehead atoms. The lowest BCUT2D eigenvalue weighted by Gasteiger charge is -2.62. The standard InChI is InChI=1S/C25H36O7S/c1-22(2)31-25(32-22)14-24(4)15(12-21(25)27)6-7-16-17-8-9-19(20(26)13-30-33(5,28)29)23(17,3)11-10-18(16)24/h12,16-19H,6-11,13-14H2,1-5H3/t16-,17-,18-,19-,23-,24-/m0/s1. The van der Waals surface area contributed by atoms with Gasteiger partial charge in [-0.2, -0.15) is 8.42 Å². The number of allylic oxidation sites excluding steroid dienone is 1. The number of fused-ring (bicyclic) bond motifs is 5. The van der Waals surface area contributed by atoms with Crippen LogP contribution >= 0.6 is 0 Å². The predicted molar refractivity (Wildman–Crippen MR) is 120 cm³/mol. The lowest BCUT2D eigenvalue weighted by molar-refractivity contribution is -0.482. The third-order valence-electron chi connectivity index (χ3n) is 9.64. The highest BCUT2D eigenvalue weighted by molar-refractivity contribution is 7.86. The molecule has 4 fully saturated rings. The first-order chi connectivity index (χ1) is 15.2. The zero-order chi connectivity index (χ0) is 24.0. The van der Waals surface area contributed by atoms with E-state index in [-0.39, 0.29) is 34.9 Å². The molecule has 8 heteroatoms. The largest absolute Gasteiger partial charge is 0.311 e. The van der Waals surface area contributed by atoms with E-state index in [9.17, 15) is 18.0 Å². The summed E-state index contributed by atoms with van der Waals surface area (Å²) >= 11 is 0. The summed E-state index contributed by atoms with van der Waals surface area (Å²) in [6, 6.07) is 0. The normalized spacial score (nSPS) is 43.2. The number of rotatable bonds is 4. The van der Waals surface area contributed by atoms with E-state index >= 15 is 0 Å². The molecule has 0 aromatic heterocycles. The zero-order valence-corrected chi connectivity index (χ0v) is 21.1. The van der Waals surface area contributed by atoms with E-state index in [1.165, 1.54) is 5.57 Å². The Hall–Kier alpha value is -1.09. The monoisotopic (exact) mass is 480 g/mol. The maximum atomic E-state index is 13.0. The van der Waals surface area contributed by atoms with Crippen LogP contribution in [0.25, 0.3) is 0 Å². The summed E-state index contributed by atoms with van der Waals surface area (Å²) in [6.45, 7) is 7.82. The molecule has 1 aliphatic heterocycles. The highest BCUT2D eigenvalue weighted by atomic mass is 32.2. The van der Waals surface area contributed by atoms with Crippen LogP contribution in [-0.2, 0) is 33.4 Å². The van der Waals surface area contributed by atoms with E-state index in [0.29, 0.717) is 24.2 Å². The second-order valence-corrected chi connectivity index (χ2v) is 13.7. The second-order valence-electron chi connectivity index (χ2n) is 12.0.